The zero-order valence-corrected chi connectivity index (χ0v) is 20.5. The van der Waals surface area contributed by atoms with E-state index in [1.807, 2.05) is 19.3 Å². The van der Waals surface area contributed by atoms with Crippen LogP contribution < -0.4 is 20.7 Å². The SMILES string of the molecule is CN=C(C1=C(N)CCc2cnc(Nc3ccc(N4CCN(C)CC4)cc3OC)nc21)C1CCC1. The van der Waals surface area contributed by atoms with Crippen LogP contribution in [0.4, 0.5) is 17.3 Å². The van der Waals surface area contributed by atoms with Crippen LogP contribution in [0.25, 0.3) is 5.57 Å². The van der Waals surface area contributed by atoms with Crippen molar-refractivity contribution in [1.82, 2.24) is 14.9 Å². The molecule has 0 atom stereocenters. The van der Waals surface area contributed by atoms with Crippen LogP contribution in [-0.2, 0) is 6.42 Å². The molecule has 2 aromatic rings. The lowest BCUT2D eigenvalue weighted by atomic mass is 9.76. The van der Waals surface area contributed by atoms with Crippen LogP contribution in [0.3, 0.4) is 0 Å². The molecule has 1 saturated heterocycles. The van der Waals surface area contributed by atoms with Gasteiger partial charge in [0.15, 0.2) is 0 Å². The third kappa shape index (κ3) is 4.34. The molecule has 0 radical (unpaired) electrons. The standard InChI is InChI=1S/C26H35N7O/c1-28-24(17-5-4-6-17)23-20(27)9-7-18-16-29-26(31-25(18)23)30-21-10-8-19(15-22(21)34-3)33-13-11-32(2)12-14-33/h8,10,15-17H,4-7,9,11-14,27H2,1-3H3,(H,29,30,31). The van der Waals surface area contributed by atoms with Gasteiger partial charge in [0.25, 0.3) is 0 Å². The van der Waals surface area contributed by atoms with Crippen molar-refractivity contribution in [1.29, 1.82) is 0 Å². The summed E-state index contributed by atoms with van der Waals surface area (Å²) in [5.41, 5.74) is 13.6. The van der Waals surface area contributed by atoms with Crippen LogP contribution in [0.5, 0.6) is 5.75 Å². The van der Waals surface area contributed by atoms with Crippen molar-refractivity contribution >= 4 is 28.6 Å². The first-order valence-electron chi connectivity index (χ1n) is 12.3. The smallest absolute Gasteiger partial charge is 0.227 e. The lowest BCUT2D eigenvalue weighted by Gasteiger charge is -2.34. The number of allylic oxidation sites excluding steroid dienone is 2. The summed E-state index contributed by atoms with van der Waals surface area (Å²) in [6.07, 6.45) is 7.21. The van der Waals surface area contributed by atoms with E-state index >= 15 is 0 Å². The number of rotatable bonds is 6. The first kappa shape index (κ1) is 22.7. The van der Waals surface area contributed by atoms with E-state index < -0.39 is 0 Å². The van der Waals surface area contributed by atoms with Gasteiger partial charge in [-0.15, -0.1) is 0 Å². The van der Waals surface area contributed by atoms with E-state index in [0.717, 1.165) is 78.7 Å². The van der Waals surface area contributed by atoms with Gasteiger partial charge in [-0.25, -0.2) is 9.97 Å². The summed E-state index contributed by atoms with van der Waals surface area (Å²) in [7, 11) is 5.74. The van der Waals surface area contributed by atoms with Gasteiger partial charge in [0.2, 0.25) is 5.95 Å². The minimum atomic E-state index is 0.484. The number of hydrogen-bond acceptors (Lipinski definition) is 8. The Morgan fingerprint density at radius 3 is 2.65 bits per heavy atom. The molecule has 0 spiro atoms. The number of nitrogens with zero attached hydrogens (tertiary/aromatic N) is 5. The molecule has 1 aromatic carbocycles. The van der Waals surface area contributed by atoms with Crippen molar-refractivity contribution in [2.24, 2.45) is 16.6 Å². The number of ether oxygens (including phenoxy) is 1. The van der Waals surface area contributed by atoms with Gasteiger partial charge < -0.3 is 25.6 Å². The number of piperazine rings is 1. The number of benzene rings is 1. The normalized spacial score (nSPS) is 19.6. The van der Waals surface area contributed by atoms with Gasteiger partial charge in [0, 0.05) is 74.1 Å². The number of anilines is 3. The van der Waals surface area contributed by atoms with Crippen molar-refractivity contribution in [3.05, 3.63) is 41.4 Å². The Morgan fingerprint density at radius 2 is 1.97 bits per heavy atom. The molecule has 5 rings (SSSR count). The highest BCUT2D eigenvalue weighted by Gasteiger charge is 2.31. The van der Waals surface area contributed by atoms with Gasteiger partial charge in [-0.05, 0) is 50.4 Å². The summed E-state index contributed by atoms with van der Waals surface area (Å²) in [5.74, 6) is 1.80. The molecule has 8 heteroatoms. The second-order valence-electron chi connectivity index (χ2n) is 9.50. The summed E-state index contributed by atoms with van der Waals surface area (Å²) in [4.78, 5) is 18.9. The van der Waals surface area contributed by atoms with Gasteiger partial charge in [-0.1, -0.05) is 6.42 Å². The minimum Gasteiger partial charge on any atom is -0.494 e. The number of likely N-dealkylation sites (N-methyl/N-ethyl adjacent to an activating group) is 1. The number of fused-ring (bicyclic) bond motifs is 1. The van der Waals surface area contributed by atoms with Crippen LogP contribution in [-0.4, -0.2) is 68.0 Å². The Bertz CT molecular complexity index is 1110. The molecule has 1 aromatic heterocycles. The fourth-order valence-electron chi connectivity index (χ4n) is 5.04. The highest BCUT2D eigenvalue weighted by atomic mass is 16.5. The summed E-state index contributed by atoms with van der Waals surface area (Å²) < 4.78 is 5.73. The van der Waals surface area contributed by atoms with Crippen molar-refractivity contribution in [3.63, 3.8) is 0 Å². The maximum atomic E-state index is 6.52. The van der Waals surface area contributed by atoms with Gasteiger partial charge in [-0.3, -0.25) is 4.99 Å². The molecule has 0 amide bonds. The third-order valence-electron chi connectivity index (χ3n) is 7.38. The molecule has 2 aliphatic carbocycles. The number of nitrogens with two attached hydrogens (primary N) is 1. The largest absolute Gasteiger partial charge is 0.494 e. The van der Waals surface area contributed by atoms with Gasteiger partial charge in [0.1, 0.15) is 5.75 Å². The Labute approximate surface area is 201 Å². The molecule has 3 N–H and O–H groups in total. The van der Waals surface area contributed by atoms with Crippen LogP contribution >= 0.6 is 0 Å². The van der Waals surface area contributed by atoms with E-state index in [0.29, 0.717) is 11.9 Å². The molecule has 180 valence electrons. The summed E-state index contributed by atoms with van der Waals surface area (Å²) in [6.45, 7) is 4.15. The van der Waals surface area contributed by atoms with E-state index in [1.165, 1.54) is 24.9 Å². The molecular formula is C26H35N7O. The average molecular weight is 462 g/mol. The van der Waals surface area contributed by atoms with Crippen LogP contribution in [0, 0.1) is 5.92 Å². The van der Waals surface area contributed by atoms with E-state index in [9.17, 15) is 0 Å². The zero-order valence-electron chi connectivity index (χ0n) is 20.5. The quantitative estimate of drug-likeness (QED) is 0.637. The first-order chi connectivity index (χ1) is 16.6. The first-order valence-corrected chi connectivity index (χ1v) is 12.3. The molecule has 2 fully saturated rings. The maximum absolute atomic E-state index is 6.52. The average Bonchev–Trinajstić information content (AvgIpc) is 2.82. The Balaban J connectivity index is 1.42. The van der Waals surface area contributed by atoms with Crippen LogP contribution in [0.2, 0.25) is 0 Å². The second-order valence-corrected chi connectivity index (χ2v) is 9.50. The number of nitrogens with one attached hydrogen (secondary N) is 1. The Hall–Kier alpha value is -3.13. The fraction of sp³-hybridized carbons (Fsp3) is 0.500. The van der Waals surface area contributed by atoms with Gasteiger partial charge in [-0.2, -0.15) is 0 Å². The highest BCUT2D eigenvalue weighted by Crippen LogP contribution is 2.38. The van der Waals surface area contributed by atoms with Crippen molar-refractivity contribution in [3.8, 4) is 5.75 Å². The van der Waals surface area contributed by atoms with Gasteiger partial charge in [0.05, 0.1) is 18.5 Å². The molecular weight excluding hydrogens is 426 g/mol. The predicted molar refractivity (Wildman–Crippen MR) is 138 cm³/mol. The van der Waals surface area contributed by atoms with Crippen molar-refractivity contribution < 1.29 is 4.74 Å². The second kappa shape index (κ2) is 9.62. The third-order valence-corrected chi connectivity index (χ3v) is 7.38. The van der Waals surface area contributed by atoms with Crippen molar-refractivity contribution in [2.45, 2.75) is 32.1 Å². The van der Waals surface area contributed by atoms with E-state index in [1.54, 1.807) is 7.11 Å². The summed E-state index contributed by atoms with van der Waals surface area (Å²) in [6, 6.07) is 6.28. The predicted octanol–water partition coefficient (Wildman–Crippen LogP) is 3.47. The Kier molecular flexibility index (Phi) is 6.41. The monoisotopic (exact) mass is 461 g/mol. The zero-order chi connectivity index (χ0) is 23.7. The molecule has 34 heavy (non-hydrogen) atoms. The molecule has 1 saturated carbocycles. The summed E-state index contributed by atoms with van der Waals surface area (Å²) in [5, 5.41) is 3.38. The lowest BCUT2D eigenvalue weighted by Crippen LogP contribution is -2.44. The van der Waals surface area contributed by atoms with E-state index in [2.05, 4.69) is 44.3 Å². The minimum absolute atomic E-state index is 0.484. The van der Waals surface area contributed by atoms with Crippen LogP contribution in [0.1, 0.15) is 36.9 Å². The summed E-state index contributed by atoms with van der Waals surface area (Å²) >= 11 is 0. The highest BCUT2D eigenvalue weighted by molar-refractivity contribution is 6.26. The fourth-order valence-corrected chi connectivity index (χ4v) is 5.04. The molecule has 0 bridgehead atoms. The topological polar surface area (TPSA) is 91.9 Å². The van der Waals surface area contributed by atoms with Gasteiger partial charge >= 0.3 is 0 Å². The van der Waals surface area contributed by atoms with E-state index in [4.69, 9.17) is 15.5 Å². The van der Waals surface area contributed by atoms with Crippen LogP contribution in [0.15, 0.2) is 35.1 Å². The number of hydrogen-bond donors (Lipinski definition) is 2. The molecule has 1 aliphatic heterocycles. The Morgan fingerprint density at radius 1 is 1.18 bits per heavy atom. The molecule has 2 heterocycles. The molecule has 3 aliphatic rings. The number of methoxy groups -OCH3 is 1. The number of aryl methyl sites for hydroxylation is 1. The maximum Gasteiger partial charge on any atom is 0.227 e. The van der Waals surface area contributed by atoms with Crippen molar-refractivity contribution in [2.75, 3.05) is 57.6 Å². The van der Waals surface area contributed by atoms with E-state index in [-0.39, 0.29) is 0 Å². The lowest BCUT2D eigenvalue weighted by molar-refractivity contribution is 0.312. The molecule has 8 nitrogen and oxygen atoms in total. The number of aromatic nitrogens is 2. The molecule has 0 unspecified atom stereocenters. The number of aliphatic imine (C=N–C) groups is 1.